The molecule has 0 aromatic carbocycles. The highest BCUT2D eigenvalue weighted by atomic mass is 16.6. The van der Waals surface area contributed by atoms with Crippen LogP contribution in [0.1, 0.15) is 46.5 Å². The van der Waals surface area contributed by atoms with Gasteiger partial charge in [0.05, 0.1) is 6.42 Å². The maximum Gasteiger partial charge on any atom is 0.306 e. The van der Waals surface area contributed by atoms with Gasteiger partial charge in [0, 0.05) is 10.8 Å². The molecule has 1 aliphatic rings. The maximum absolute atomic E-state index is 11.7. The van der Waals surface area contributed by atoms with Crippen molar-refractivity contribution < 1.29 is 19.6 Å². The van der Waals surface area contributed by atoms with E-state index in [9.17, 15) is 20.0 Å². The monoisotopic (exact) mass is 259 g/mol. The van der Waals surface area contributed by atoms with Crippen molar-refractivity contribution in [3.63, 3.8) is 0 Å². The maximum atomic E-state index is 11.7. The molecule has 1 aliphatic carbocycles. The third-order valence-electron chi connectivity index (χ3n) is 3.04. The lowest BCUT2D eigenvalue weighted by molar-refractivity contribution is -0.547. The van der Waals surface area contributed by atoms with E-state index in [1.54, 1.807) is 20.8 Å². The van der Waals surface area contributed by atoms with Gasteiger partial charge in [-0.25, -0.2) is 0 Å². The fourth-order valence-electron chi connectivity index (χ4n) is 2.38. The highest BCUT2D eigenvalue weighted by Crippen LogP contribution is 2.30. The Morgan fingerprint density at radius 1 is 1.44 bits per heavy atom. The number of carbonyl (C=O) groups excluding carboxylic acids is 1. The van der Waals surface area contributed by atoms with Crippen LogP contribution in [0.25, 0.3) is 0 Å². The fourth-order valence-corrected chi connectivity index (χ4v) is 2.38. The summed E-state index contributed by atoms with van der Waals surface area (Å²) in [5.41, 5.74) is -0.589. The molecule has 0 heterocycles. The predicted octanol–water partition coefficient (Wildman–Crippen LogP) is 1.52. The lowest BCUT2D eigenvalue weighted by Crippen LogP contribution is -2.44. The van der Waals surface area contributed by atoms with Gasteiger partial charge in [-0.1, -0.05) is 6.42 Å². The number of ether oxygens (including phenoxy) is 1. The Labute approximate surface area is 106 Å². The second kappa shape index (κ2) is 5.65. The van der Waals surface area contributed by atoms with Gasteiger partial charge in [0.25, 0.3) is 0 Å². The number of rotatable bonds is 3. The Balaban J connectivity index is 2.63. The van der Waals surface area contributed by atoms with Gasteiger partial charge in [0.2, 0.25) is 6.04 Å². The molecule has 0 radical (unpaired) electrons. The van der Waals surface area contributed by atoms with E-state index >= 15 is 0 Å². The van der Waals surface area contributed by atoms with Crippen molar-refractivity contribution in [2.45, 2.75) is 64.2 Å². The average Bonchev–Trinajstić information content (AvgIpc) is 2.13. The molecule has 0 aliphatic heterocycles. The minimum atomic E-state index is -1.05. The summed E-state index contributed by atoms with van der Waals surface area (Å²) in [6.45, 7) is 5.27. The number of nitro groups is 1. The van der Waals surface area contributed by atoms with Crippen LogP contribution >= 0.6 is 0 Å². The topological polar surface area (TPSA) is 89.7 Å². The first-order chi connectivity index (χ1) is 8.20. The Hall–Kier alpha value is -1.17. The van der Waals surface area contributed by atoms with Crippen LogP contribution < -0.4 is 0 Å². The van der Waals surface area contributed by atoms with Crippen LogP contribution in [-0.2, 0) is 9.53 Å². The summed E-state index contributed by atoms with van der Waals surface area (Å²) in [6, 6.07) is -1.05. The van der Waals surface area contributed by atoms with Gasteiger partial charge in [0.15, 0.2) is 0 Å². The summed E-state index contributed by atoms with van der Waals surface area (Å²) >= 11 is 0. The number of esters is 1. The number of hydrogen-bond acceptors (Lipinski definition) is 5. The second-order valence-corrected chi connectivity index (χ2v) is 5.82. The van der Waals surface area contributed by atoms with Crippen molar-refractivity contribution in [3.05, 3.63) is 10.1 Å². The summed E-state index contributed by atoms with van der Waals surface area (Å²) in [5.74, 6) is -0.868. The van der Waals surface area contributed by atoms with E-state index in [1.807, 2.05) is 0 Å². The molecule has 0 saturated heterocycles. The summed E-state index contributed by atoms with van der Waals surface area (Å²) in [5, 5.41) is 20.6. The molecule has 18 heavy (non-hydrogen) atoms. The van der Waals surface area contributed by atoms with Crippen LogP contribution in [0.2, 0.25) is 0 Å². The molecule has 1 N–H and O–H groups in total. The molecular weight excluding hydrogens is 238 g/mol. The van der Waals surface area contributed by atoms with Crippen molar-refractivity contribution in [2.75, 3.05) is 0 Å². The molecule has 3 atom stereocenters. The number of hydrogen-bond donors (Lipinski definition) is 1. The minimum Gasteiger partial charge on any atom is -0.460 e. The largest absolute Gasteiger partial charge is 0.460 e. The van der Waals surface area contributed by atoms with Crippen molar-refractivity contribution >= 4 is 5.97 Å². The number of carbonyl (C=O) groups is 1. The van der Waals surface area contributed by atoms with E-state index in [2.05, 4.69) is 0 Å². The molecular formula is C12H21NO5. The highest BCUT2D eigenvalue weighted by Gasteiger charge is 2.42. The third kappa shape index (κ3) is 4.25. The van der Waals surface area contributed by atoms with E-state index < -0.39 is 34.6 Å². The SMILES string of the molecule is CC(C)(C)OC(=O)C[C@H]1CCCC(O)[C@@H]1[N+](=O)[O-]. The molecule has 0 aromatic heterocycles. The van der Waals surface area contributed by atoms with Gasteiger partial charge in [0.1, 0.15) is 11.7 Å². The van der Waals surface area contributed by atoms with Gasteiger partial charge in [-0.15, -0.1) is 0 Å². The van der Waals surface area contributed by atoms with Gasteiger partial charge < -0.3 is 9.84 Å². The predicted molar refractivity (Wildman–Crippen MR) is 64.6 cm³/mol. The van der Waals surface area contributed by atoms with Gasteiger partial charge in [-0.05, 0) is 33.6 Å². The van der Waals surface area contributed by atoms with Crippen LogP contribution in [0.4, 0.5) is 0 Å². The zero-order valence-corrected chi connectivity index (χ0v) is 11.1. The number of aliphatic hydroxyl groups excluding tert-OH is 1. The Morgan fingerprint density at radius 3 is 2.56 bits per heavy atom. The van der Waals surface area contributed by atoms with Crippen LogP contribution in [0.15, 0.2) is 0 Å². The van der Waals surface area contributed by atoms with Crippen LogP contribution in [0, 0.1) is 16.0 Å². The molecule has 1 fully saturated rings. The molecule has 1 saturated carbocycles. The van der Waals surface area contributed by atoms with Gasteiger partial charge >= 0.3 is 5.97 Å². The van der Waals surface area contributed by atoms with E-state index in [0.717, 1.165) is 0 Å². The van der Waals surface area contributed by atoms with E-state index in [4.69, 9.17) is 4.74 Å². The van der Waals surface area contributed by atoms with Crippen LogP contribution in [-0.4, -0.2) is 33.7 Å². The quantitative estimate of drug-likeness (QED) is 0.471. The molecule has 1 unspecified atom stereocenters. The van der Waals surface area contributed by atoms with Crippen molar-refractivity contribution in [1.82, 2.24) is 0 Å². The smallest absolute Gasteiger partial charge is 0.306 e. The zero-order chi connectivity index (χ0) is 13.9. The molecule has 0 amide bonds. The minimum absolute atomic E-state index is 0.0000231. The number of nitrogens with zero attached hydrogens (tertiary/aromatic N) is 1. The third-order valence-corrected chi connectivity index (χ3v) is 3.04. The number of aliphatic hydroxyl groups is 1. The Kier molecular flexibility index (Phi) is 4.67. The normalized spacial score (nSPS) is 28.8. The summed E-state index contributed by atoms with van der Waals surface area (Å²) in [4.78, 5) is 22.1. The Morgan fingerprint density at radius 2 is 2.06 bits per heavy atom. The summed E-state index contributed by atoms with van der Waals surface area (Å²) < 4.78 is 5.16. The standard InChI is InChI=1S/C12H21NO5/c1-12(2,3)18-10(15)7-8-5-4-6-9(14)11(8)13(16)17/h8-9,11,14H,4-7H2,1-3H3/t8-,9?,11-/m1/s1. The lowest BCUT2D eigenvalue weighted by atomic mass is 9.81. The lowest BCUT2D eigenvalue weighted by Gasteiger charge is -2.29. The fraction of sp³-hybridized carbons (Fsp3) is 0.917. The molecule has 0 aromatic rings. The van der Waals surface area contributed by atoms with Gasteiger partial charge in [-0.2, -0.15) is 0 Å². The second-order valence-electron chi connectivity index (χ2n) is 5.82. The van der Waals surface area contributed by atoms with Crippen molar-refractivity contribution in [2.24, 2.45) is 5.92 Å². The zero-order valence-electron chi connectivity index (χ0n) is 11.1. The molecule has 6 heteroatoms. The van der Waals surface area contributed by atoms with E-state index in [1.165, 1.54) is 0 Å². The van der Waals surface area contributed by atoms with E-state index in [-0.39, 0.29) is 6.42 Å². The molecule has 6 nitrogen and oxygen atoms in total. The van der Waals surface area contributed by atoms with Crippen molar-refractivity contribution in [3.8, 4) is 0 Å². The first-order valence-electron chi connectivity index (χ1n) is 6.24. The van der Waals surface area contributed by atoms with Crippen LogP contribution in [0.5, 0.6) is 0 Å². The Bertz CT molecular complexity index is 323. The molecule has 0 bridgehead atoms. The molecule has 104 valence electrons. The molecule has 0 spiro atoms. The van der Waals surface area contributed by atoms with E-state index in [0.29, 0.717) is 19.3 Å². The average molecular weight is 259 g/mol. The van der Waals surface area contributed by atoms with Crippen LogP contribution in [0.3, 0.4) is 0 Å². The summed E-state index contributed by atoms with van der Waals surface area (Å²) in [7, 11) is 0. The van der Waals surface area contributed by atoms with Crippen molar-refractivity contribution in [1.29, 1.82) is 0 Å². The highest BCUT2D eigenvalue weighted by molar-refractivity contribution is 5.70. The summed E-state index contributed by atoms with van der Waals surface area (Å²) in [6.07, 6.45) is 0.762. The first-order valence-corrected chi connectivity index (χ1v) is 6.24. The molecule has 1 rings (SSSR count). The van der Waals surface area contributed by atoms with Gasteiger partial charge in [-0.3, -0.25) is 14.9 Å². The first kappa shape index (κ1) is 14.9.